The first kappa shape index (κ1) is 14.3. The fraction of sp³-hybridized carbons (Fsp3) is 0.769. The highest BCUT2D eigenvalue weighted by molar-refractivity contribution is 5.35. The van der Waals surface area contributed by atoms with E-state index >= 15 is 0 Å². The fourth-order valence-corrected chi connectivity index (χ4v) is 2.85. The molecule has 8 heteroatoms. The molecule has 1 aromatic heterocycles. The van der Waals surface area contributed by atoms with Gasteiger partial charge in [0.2, 0.25) is 11.9 Å². The Morgan fingerprint density at radius 2 is 2.19 bits per heavy atom. The first-order chi connectivity index (χ1) is 10.3. The minimum atomic E-state index is 0.167. The molecule has 2 aliphatic rings. The highest BCUT2D eigenvalue weighted by atomic mass is 16.5. The molecule has 0 spiro atoms. The maximum atomic E-state index is 5.90. The molecule has 2 unspecified atom stereocenters. The third-order valence-electron chi connectivity index (χ3n) is 3.97. The molecule has 2 N–H and O–H groups in total. The molecule has 0 radical (unpaired) electrons. The van der Waals surface area contributed by atoms with Crippen molar-refractivity contribution in [3.8, 4) is 6.01 Å². The quantitative estimate of drug-likeness (QED) is 0.796. The van der Waals surface area contributed by atoms with Crippen molar-refractivity contribution >= 4 is 11.9 Å². The summed E-state index contributed by atoms with van der Waals surface area (Å²) in [6.07, 6.45) is 2.71. The summed E-state index contributed by atoms with van der Waals surface area (Å²) in [5, 5.41) is 6.10. The van der Waals surface area contributed by atoms with Crippen LogP contribution in [0.1, 0.15) is 12.8 Å². The second kappa shape index (κ2) is 6.40. The number of hydrogen-bond donors (Lipinski definition) is 2. The van der Waals surface area contributed by atoms with Gasteiger partial charge in [-0.25, -0.2) is 0 Å². The van der Waals surface area contributed by atoms with E-state index in [1.165, 1.54) is 26.5 Å². The molecular formula is C13H22N6O2. The number of methoxy groups -OCH3 is 1. The van der Waals surface area contributed by atoms with Crippen LogP contribution in [0.2, 0.25) is 0 Å². The molecule has 1 aromatic rings. The highest BCUT2D eigenvalue weighted by Gasteiger charge is 2.32. The number of morpholine rings is 1. The average Bonchev–Trinajstić information content (AvgIpc) is 3.00. The summed E-state index contributed by atoms with van der Waals surface area (Å²) in [4.78, 5) is 15.0. The van der Waals surface area contributed by atoms with Gasteiger partial charge in [0.25, 0.3) is 0 Å². The molecule has 21 heavy (non-hydrogen) atoms. The second-order valence-corrected chi connectivity index (χ2v) is 5.35. The summed E-state index contributed by atoms with van der Waals surface area (Å²) in [7, 11) is 3.30. The molecule has 8 nitrogen and oxygen atoms in total. The van der Waals surface area contributed by atoms with Crippen molar-refractivity contribution in [2.45, 2.75) is 25.0 Å². The number of nitrogens with one attached hydrogen (secondary N) is 2. The topological polar surface area (TPSA) is 84.4 Å². The summed E-state index contributed by atoms with van der Waals surface area (Å²) in [6, 6.07) is 0.912. The Labute approximate surface area is 124 Å². The molecule has 0 amide bonds. The zero-order chi connectivity index (χ0) is 14.7. The number of aromatic nitrogens is 3. The van der Waals surface area contributed by atoms with E-state index in [0.29, 0.717) is 30.5 Å². The van der Waals surface area contributed by atoms with Gasteiger partial charge in [0.05, 0.1) is 19.8 Å². The standard InChI is InChI=1S/C13H22N6O2/c1-14-11-16-12(18-13(17-11)20-2)15-6-10-7-19-5-3-4-9(19)8-21-10/h9-10H,3-8H2,1-2H3,(H2,14,15,16,17,18). The van der Waals surface area contributed by atoms with Crippen LogP contribution in [-0.4, -0.2) is 72.4 Å². The molecule has 2 atom stereocenters. The highest BCUT2D eigenvalue weighted by Crippen LogP contribution is 2.22. The summed E-state index contributed by atoms with van der Waals surface area (Å²) >= 11 is 0. The van der Waals surface area contributed by atoms with Crippen molar-refractivity contribution in [2.24, 2.45) is 0 Å². The van der Waals surface area contributed by atoms with Gasteiger partial charge in [-0.1, -0.05) is 0 Å². The first-order valence-electron chi connectivity index (χ1n) is 7.36. The van der Waals surface area contributed by atoms with Crippen molar-refractivity contribution in [3.63, 3.8) is 0 Å². The van der Waals surface area contributed by atoms with Crippen LogP contribution in [-0.2, 0) is 4.74 Å². The van der Waals surface area contributed by atoms with Gasteiger partial charge in [-0.15, -0.1) is 0 Å². The number of anilines is 2. The average molecular weight is 294 g/mol. The largest absolute Gasteiger partial charge is 0.467 e. The van der Waals surface area contributed by atoms with Crippen LogP contribution < -0.4 is 15.4 Å². The van der Waals surface area contributed by atoms with E-state index in [-0.39, 0.29) is 6.10 Å². The number of nitrogens with zero attached hydrogens (tertiary/aromatic N) is 4. The normalized spacial score (nSPS) is 25.4. The number of ether oxygens (including phenoxy) is 2. The maximum Gasteiger partial charge on any atom is 0.322 e. The molecule has 2 aliphatic heterocycles. The SMILES string of the molecule is CNc1nc(NCC2CN3CCCC3CO2)nc(OC)n1. The maximum absolute atomic E-state index is 5.90. The Hall–Kier alpha value is -1.67. The number of hydrogen-bond acceptors (Lipinski definition) is 8. The Kier molecular flexibility index (Phi) is 4.35. The van der Waals surface area contributed by atoms with Gasteiger partial charge < -0.3 is 20.1 Å². The molecule has 2 fully saturated rings. The molecule has 0 aliphatic carbocycles. The zero-order valence-corrected chi connectivity index (χ0v) is 12.5. The van der Waals surface area contributed by atoms with Gasteiger partial charge in [0.1, 0.15) is 0 Å². The van der Waals surface area contributed by atoms with Gasteiger partial charge in [0, 0.05) is 26.2 Å². The predicted molar refractivity (Wildman–Crippen MR) is 78.8 cm³/mol. The Bertz CT molecular complexity index is 463. The number of fused-ring (bicyclic) bond motifs is 1. The van der Waals surface area contributed by atoms with Crippen molar-refractivity contribution in [2.75, 3.05) is 51.0 Å². The third-order valence-corrected chi connectivity index (χ3v) is 3.97. The van der Waals surface area contributed by atoms with Gasteiger partial charge in [-0.2, -0.15) is 15.0 Å². The molecule has 0 saturated carbocycles. The molecular weight excluding hydrogens is 272 g/mol. The lowest BCUT2D eigenvalue weighted by atomic mass is 10.2. The van der Waals surface area contributed by atoms with E-state index in [0.717, 1.165) is 13.2 Å². The van der Waals surface area contributed by atoms with Crippen LogP contribution in [0.4, 0.5) is 11.9 Å². The lowest BCUT2D eigenvalue weighted by molar-refractivity contribution is -0.0416. The van der Waals surface area contributed by atoms with Crippen LogP contribution >= 0.6 is 0 Å². The second-order valence-electron chi connectivity index (χ2n) is 5.35. The smallest absolute Gasteiger partial charge is 0.322 e. The van der Waals surface area contributed by atoms with Crippen LogP contribution in [0, 0.1) is 0 Å². The van der Waals surface area contributed by atoms with Crippen LogP contribution in [0.3, 0.4) is 0 Å². The van der Waals surface area contributed by atoms with E-state index in [4.69, 9.17) is 9.47 Å². The third kappa shape index (κ3) is 3.33. The predicted octanol–water partition coefficient (Wildman–Crippen LogP) is 0.197. The van der Waals surface area contributed by atoms with Gasteiger partial charge in [-0.3, -0.25) is 4.90 Å². The minimum Gasteiger partial charge on any atom is -0.467 e. The lowest BCUT2D eigenvalue weighted by Crippen LogP contribution is -2.48. The van der Waals surface area contributed by atoms with Crippen LogP contribution in [0.25, 0.3) is 0 Å². The minimum absolute atomic E-state index is 0.167. The summed E-state index contributed by atoms with van der Waals surface area (Å²) in [5.74, 6) is 0.979. The van der Waals surface area contributed by atoms with Crippen molar-refractivity contribution in [1.29, 1.82) is 0 Å². The van der Waals surface area contributed by atoms with Crippen LogP contribution in [0.5, 0.6) is 6.01 Å². The Morgan fingerprint density at radius 3 is 3.00 bits per heavy atom. The van der Waals surface area contributed by atoms with Gasteiger partial charge >= 0.3 is 6.01 Å². The van der Waals surface area contributed by atoms with E-state index in [1.807, 2.05) is 0 Å². The van der Waals surface area contributed by atoms with Crippen molar-refractivity contribution in [1.82, 2.24) is 19.9 Å². The first-order valence-corrected chi connectivity index (χ1v) is 7.36. The molecule has 3 heterocycles. The van der Waals surface area contributed by atoms with Crippen molar-refractivity contribution in [3.05, 3.63) is 0 Å². The zero-order valence-electron chi connectivity index (χ0n) is 12.5. The summed E-state index contributed by atoms with van der Waals surface area (Å²) in [5.41, 5.74) is 0. The molecule has 0 bridgehead atoms. The molecule has 0 aromatic carbocycles. The summed E-state index contributed by atoms with van der Waals surface area (Å²) < 4.78 is 11.0. The van der Waals surface area contributed by atoms with Crippen molar-refractivity contribution < 1.29 is 9.47 Å². The fourth-order valence-electron chi connectivity index (χ4n) is 2.85. The Balaban J connectivity index is 1.57. The Morgan fingerprint density at radius 1 is 1.33 bits per heavy atom. The van der Waals surface area contributed by atoms with Crippen LogP contribution in [0.15, 0.2) is 0 Å². The monoisotopic (exact) mass is 294 g/mol. The van der Waals surface area contributed by atoms with Gasteiger partial charge in [-0.05, 0) is 19.4 Å². The number of rotatable bonds is 5. The van der Waals surface area contributed by atoms with E-state index in [1.54, 1.807) is 7.05 Å². The molecule has 3 rings (SSSR count). The van der Waals surface area contributed by atoms with E-state index < -0.39 is 0 Å². The van der Waals surface area contributed by atoms with E-state index in [9.17, 15) is 0 Å². The lowest BCUT2D eigenvalue weighted by Gasteiger charge is -2.35. The van der Waals surface area contributed by atoms with E-state index in [2.05, 4.69) is 30.5 Å². The van der Waals surface area contributed by atoms with Gasteiger partial charge in [0.15, 0.2) is 0 Å². The molecule has 116 valence electrons. The summed E-state index contributed by atoms with van der Waals surface area (Å²) in [6.45, 7) is 3.67. The molecule has 2 saturated heterocycles.